The van der Waals surface area contributed by atoms with E-state index >= 15 is 0 Å². The average Bonchev–Trinajstić information content (AvgIpc) is 3.06. The Balaban J connectivity index is 2.26. The maximum atomic E-state index is 14.0. The number of hydrogen-bond acceptors (Lipinski definition) is 6. The fourth-order valence-electron chi connectivity index (χ4n) is 2.36. The molecule has 0 N–H and O–H groups in total. The number of rotatable bonds is 9. The van der Waals surface area contributed by atoms with Crippen LogP contribution in [0.25, 0.3) is 0 Å². The minimum atomic E-state index is -0.920. The van der Waals surface area contributed by atoms with Crippen LogP contribution < -0.4 is 4.74 Å². The summed E-state index contributed by atoms with van der Waals surface area (Å²) < 4.78 is 30.3. The van der Waals surface area contributed by atoms with Crippen molar-refractivity contribution in [2.24, 2.45) is 5.16 Å². The van der Waals surface area contributed by atoms with E-state index in [9.17, 15) is 9.18 Å². The van der Waals surface area contributed by atoms with Gasteiger partial charge in [-0.3, -0.25) is 0 Å². The number of unbranched alkanes of at least 4 members (excludes halogenated alkanes) is 1. The fraction of sp³-hybridized carbons (Fsp3) is 0.556. The fourth-order valence-corrected chi connectivity index (χ4v) is 2.52. The number of esters is 1. The second-order valence-corrected chi connectivity index (χ2v) is 6.17. The predicted octanol–water partition coefficient (Wildman–Crippen LogP) is 3.73. The molecular weight excluding hydrogens is 365 g/mol. The van der Waals surface area contributed by atoms with Crippen molar-refractivity contribution in [3.05, 3.63) is 28.5 Å². The number of oxime groups is 1. The second-order valence-electron chi connectivity index (χ2n) is 5.76. The Kier molecular flexibility index (Phi) is 7.66. The molecule has 2 atom stereocenters. The minimum absolute atomic E-state index is 0.0851. The van der Waals surface area contributed by atoms with Crippen molar-refractivity contribution in [1.82, 2.24) is 0 Å². The van der Waals surface area contributed by atoms with Crippen molar-refractivity contribution in [3.8, 4) is 5.75 Å². The summed E-state index contributed by atoms with van der Waals surface area (Å²) in [7, 11) is 0. The predicted molar refractivity (Wildman–Crippen MR) is 95.3 cm³/mol. The highest BCUT2D eigenvalue weighted by atomic mass is 35.5. The molecule has 0 bridgehead atoms. The van der Waals surface area contributed by atoms with E-state index in [-0.39, 0.29) is 24.0 Å². The number of carbonyl (C=O) groups is 1. The monoisotopic (exact) mass is 387 g/mol. The van der Waals surface area contributed by atoms with Crippen molar-refractivity contribution in [3.63, 3.8) is 0 Å². The molecule has 6 nitrogen and oxygen atoms in total. The first-order chi connectivity index (χ1) is 12.5. The molecule has 8 heteroatoms. The smallest absolute Gasteiger partial charge is 0.347 e. The van der Waals surface area contributed by atoms with Crippen LogP contribution in [0.3, 0.4) is 0 Å². The third kappa shape index (κ3) is 5.08. The molecule has 1 aromatic carbocycles. The van der Waals surface area contributed by atoms with E-state index in [0.717, 1.165) is 18.9 Å². The zero-order chi connectivity index (χ0) is 19.1. The van der Waals surface area contributed by atoms with Gasteiger partial charge >= 0.3 is 5.97 Å². The van der Waals surface area contributed by atoms with Gasteiger partial charge in [0.25, 0.3) is 0 Å². The highest BCUT2D eigenvalue weighted by Crippen LogP contribution is 2.30. The Labute approximate surface area is 157 Å². The Morgan fingerprint density at radius 1 is 1.46 bits per heavy atom. The molecule has 1 unspecified atom stereocenters. The van der Waals surface area contributed by atoms with Crippen LogP contribution in [0.1, 0.15) is 39.2 Å². The maximum Gasteiger partial charge on any atom is 0.347 e. The second kappa shape index (κ2) is 9.73. The number of ether oxygens (including phenoxy) is 3. The highest BCUT2D eigenvalue weighted by Gasteiger charge is 2.30. The molecule has 0 fully saturated rings. The normalized spacial score (nSPS) is 17.4. The Morgan fingerprint density at radius 3 is 2.92 bits per heavy atom. The molecule has 1 aromatic rings. The van der Waals surface area contributed by atoms with Gasteiger partial charge in [-0.1, -0.05) is 30.1 Å². The Morgan fingerprint density at radius 2 is 2.23 bits per heavy atom. The van der Waals surface area contributed by atoms with Gasteiger partial charge in [0.05, 0.1) is 11.6 Å². The SMILES string of the molecule is CCCCOC1CON=C1c1cc(Cl)c(F)cc1O[C@@H](C)C(=O)OCC. The van der Waals surface area contributed by atoms with E-state index in [2.05, 4.69) is 12.1 Å². The van der Waals surface area contributed by atoms with Gasteiger partial charge in [0.15, 0.2) is 6.10 Å². The highest BCUT2D eigenvalue weighted by molar-refractivity contribution is 6.31. The standard InChI is InChI=1S/C18H23ClFNO5/c1-4-6-7-24-16-10-25-21-17(16)12-8-13(19)14(20)9-15(12)26-11(3)18(22)23-5-2/h8-9,11,16H,4-7,10H2,1-3H3/t11-,16?/m0/s1. The molecular formula is C18H23ClFNO5. The quantitative estimate of drug-likeness (QED) is 0.477. The van der Waals surface area contributed by atoms with E-state index in [1.807, 2.05) is 0 Å². The first kappa shape index (κ1) is 20.5. The van der Waals surface area contributed by atoms with E-state index in [1.165, 1.54) is 13.0 Å². The molecule has 1 aliphatic rings. The number of hydrogen-bond donors (Lipinski definition) is 0. The van der Waals surface area contributed by atoms with Crippen LogP contribution in [0.15, 0.2) is 17.3 Å². The molecule has 0 aromatic heterocycles. The van der Waals surface area contributed by atoms with Gasteiger partial charge in [0, 0.05) is 18.2 Å². The zero-order valence-electron chi connectivity index (χ0n) is 15.1. The average molecular weight is 388 g/mol. The van der Waals surface area contributed by atoms with Crippen LogP contribution in [0.2, 0.25) is 5.02 Å². The lowest BCUT2D eigenvalue weighted by Crippen LogP contribution is -2.29. The number of halogens is 2. The van der Waals surface area contributed by atoms with Crippen molar-refractivity contribution in [2.45, 2.75) is 45.8 Å². The van der Waals surface area contributed by atoms with Crippen LogP contribution >= 0.6 is 11.6 Å². The lowest BCUT2D eigenvalue weighted by atomic mass is 10.0. The van der Waals surface area contributed by atoms with Crippen LogP contribution in [0.5, 0.6) is 5.75 Å². The molecule has 0 amide bonds. The van der Waals surface area contributed by atoms with E-state index in [0.29, 0.717) is 17.9 Å². The van der Waals surface area contributed by atoms with Gasteiger partial charge in [0.1, 0.15) is 30.0 Å². The molecule has 0 aliphatic carbocycles. The van der Waals surface area contributed by atoms with E-state index in [4.69, 9.17) is 30.6 Å². The summed E-state index contributed by atoms with van der Waals surface area (Å²) in [4.78, 5) is 17.0. The molecule has 0 radical (unpaired) electrons. The molecule has 144 valence electrons. The lowest BCUT2D eigenvalue weighted by molar-refractivity contribution is -0.150. The van der Waals surface area contributed by atoms with Crippen molar-refractivity contribution in [1.29, 1.82) is 0 Å². The summed E-state index contributed by atoms with van der Waals surface area (Å²) >= 11 is 5.93. The van der Waals surface area contributed by atoms with E-state index in [1.54, 1.807) is 6.92 Å². The van der Waals surface area contributed by atoms with Gasteiger partial charge in [-0.25, -0.2) is 9.18 Å². The van der Waals surface area contributed by atoms with Gasteiger partial charge in [0.2, 0.25) is 0 Å². The first-order valence-corrected chi connectivity index (χ1v) is 8.99. The molecule has 1 aliphatic heterocycles. The molecule has 0 saturated carbocycles. The molecule has 26 heavy (non-hydrogen) atoms. The van der Waals surface area contributed by atoms with Gasteiger partial charge < -0.3 is 19.0 Å². The van der Waals surface area contributed by atoms with Crippen LogP contribution in [0, 0.1) is 5.82 Å². The molecule has 2 rings (SSSR count). The minimum Gasteiger partial charge on any atom is -0.478 e. The third-order valence-electron chi connectivity index (χ3n) is 3.73. The van der Waals surface area contributed by atoms with E-state index < -0.39 is 24.0 Å². The molecule has 0 spiro atoms. The zero-order valence-corrected chi connectivity index (χ0v) is 15.8. The summed E-state index contributed by atoms with van der Waals surface area (Å²) in [6.45, 7) is 6.31. The van der Waals surface area contributed by atoms with Crippen molar-refractivity contribution in [2.75, 3.05) is 19.8 Å². The largest absolute Gasteiger partial charge is 0.478 e. The van der Waals surface area contributed by atoms with Gasteiger partial charge in [-0.05, 0) is 26.3 Å². The van der Waals surface area contributed by atoms with Crippen LogP contribution in [0.4, 0.5) is 4.39 Å². The van der Waals surface area contributed by atoms with Crippen LogP contribution in [-0.4, -0.2) is 43.7 Å². The summed E-state index contributed by atoms with van der Waals surface area (Å²) in [5.74, 6) is -1.08. The topological polar surface area (TPSA) is 66.3 Å². The van der Waals surface area contributed by atoms with Crippen molar-refractivity contribution >= 4 is 23.3 Å². The van der Waals surface area contributed by atoms with Gasteiger partial charge in [-0.2, -0.15) is 0 Å². The molecule has 1 heterocycles. The summed E-state index contributed by atoms with van der Waals surface area (Å²) in [6, 6.07) is 2.52. The summed E-state index contributed by atoms with van der Waals surface area (Å²) in [5, 5.41) is 3.92. The molecule has 0 saturated heterocycles. The number of carbonyl (C=O) groups excluding carboxylic acids is 1. The summed E-state index contributed by atoms with van der Waals surface area (Å²) in [6.07, 6.45) is 0.561. The van der Waals surface area contributed by atoms with Crippen molar-refractivity contribution < 1.29 is 28.2 Å². The summed E-state index contributed by atoms with van der Waals surface area (Å²) in [5.41, 5.74) is 0.876. The Bertz CT molecular complexity index is 667. The Hall–Kier alpha value is -1.86. The number of benzene rings is 1. The van der Waals surface area contributed by atoms with Crippen LogP contribution in [-0.2, 0) is 19.1 Å². The maximum absolute atomic E-state index is 14.0. The van der Waals surface area contributed by atoms with Gasteiger partial charge in [-0.15, -0.1) is 0 Å². The lowest BCUT2D eigenvalue weighted by Gasteiger charge is -2.18. The first-order valence-electron chi connectivity index (χ1n) is 8.62. The third-order valence-corrected chi connectivity index (χ3v) is 4.02. The number of nitrogens with zero attached hydrogens (tertiary/aromatic N) is 1.